The molecule has 0 amide bonds. The third-order valence-corrected chi connectivity index (χ3v) is 3.28. The number of benzene rings is 1. The van der Waals surface area contributed by atoms with Gasteiger partial charge < -0.3 is 15.2 Å². The van der Waals surface area contributed by atoms with E-state index >= 15 is 0 Å². The molecule has 88 valence electrons. The van der Waals surface area contributed by atoms with Gasteiger partial charge in [-0.25, -0.2) is 0 Å². The summed E-state index contributed by atoms with van der Waals surface area (Å²) in [6, 6.07) is 6.24. The van der Waals surface area contributed by atoms with E-state index in [2.05, 4.69) is 19.2 Å². The normalized spacial score (nSPS) is 25.2. The van der Waals surface area contributed by atoms with Gasteiger partial charge in [-0.3, -0.25) is 0 Å². The Morgan fingerprint density at radius 2 is 2.19 bits per heavy atom. The first-order valence-corrected chi connectivity index (χ1v) is 5.74. The van der Waals surface area contributed by atoms with Crippen molar-refractivity contribution in [1.29, 1.82) is 0 Å². The molecule has 1 aliphatic carbocycles. The lowest BCUT2D eigenvalue weighted by molar-refractivity contribution is 0.403. The van der Waals surface area contributed by atoms with Crippen LogP contribution in [0.1, 0.15) is 31.9 Å². The fourth-order valence-electron chi connectivity index (χ4n) is 1.98. The minimum atomic E-state index is 0.181. The highest BCUT2D eigenvalue weighted by molar-refractivity contribution is 5.41. The summed E-state index contributed by atoms with van der Waals surface area (Å²) < 4.78 is 5.06. The Morgan fingerprint density at radius 1 is 1.50 bits per heavy atom. The minimum absolute atomic E-state index is 0.181. The number of hydrogen-bond donors (Lipinski definition) is 2. The summed E-state index contributed by atoms with van der Waals surface area (Å²) in [5.41, 5.74) is 0.930. The van der Waals surface area contributed by atoms with E-state index in [-0.39, 0.29) is 6.04 Å². The van der Waals surface area contributed by atoms with Crippen molar-refractivity contribution >= 4 is 0 Å². The first-order chi connectivity index (χ1) is 7.61. The highest BCUT2D eigenvalue weighted by atomic mass is 16.5. The molecule has 1 aromatic carbocycles. The summed E-state index contributed by atoms with van der Waals surface area (Å²) in [6.45, 7) is 4.31. The molecule has 2 rings (SSSR count). The monoisotopic (exact) mass is 221 g/mol. The molecule has 3 nitrogen and oxygen atoms in total. The maximum atomic E-state index is 9.87. The fraction of sp³-hybridized carbons (Fsp3) is 0.538. The molecule has 3 atom stereocenters. The van der Waals surface area contributed by atoms with Crippen LogP contribution in [-0.4, -0.2) is 18.3 Å². The van der Waals surface area contributed by atoms with Crippen LogP contribution in [-0.2, 0) is 0 Å². The Kier molecular flexibility index (Phi) is 3.06. The van der Waals surface area contributed by atoms with Gasteiger partial charge in [0.15, 0.2) is 0 Å². The third-order valence-electron chi connectivity index (χ3n) is 3.28. The molecule has 0 radical (unpaired) electrons. The van der Waals surface area contributed by atoms with Gasteiger partial charge in [0.05, 0.1) is 7.11 Å². The molecular weight excluding hydrogens is 202 g/mol. The van der Waals surface area contributed by atoms with E-state index in [1.165, 1.54) is 6.42 Å². The molecule has 3 heteroatoms. The summed E-state index contributed by atoms with van der Waals surface area (Å²) in [6.07, 6.45) is 1.24. The smallest absolute Gasteiger partial charge is 0.124 e. The molecule has 1 aromatic rings. The Balaban J connectivity index is 2.07. The van der Waals surface area contributed by atoms with Crippen molar-refractivity contribution in [2.75, 3.05) is 7.11 Å². The molecule has 1 saturated carbocycles. The maximum Gasteiger partial charge on any atom is 0.124 e. The Morgan fingerprint density at radius 3 is 2.69 bits per heavy atom. The summed E-state index contributed by atoms with van der Waals surface area (Å²) in [5.74, 6) is 1.75. The third kappa shape index (κ3) is 2.30. The van der Waals surface area contributed by atoms with Crippen LogP contribution in [0.25, 0.3) is 0 Å². The van der Waals surface area contributed by atoms with Crippen molar-refractivity contribution in [3.05, 3.63) is 23.8 Å². The van der Waals surface area contributed by atoms with E-state index in [1.807, 2.05) is 12.1 Å². The van der Waals surface area contributed by atoms with Gasteiger partial charge in [0.2, 0.25) is 0 Å². The predicted molar refractivity (Wildman–Crippen MR) is 63.8 cm³/mol. The van der Waals surface area contributed by atoms with Crippen LogP contribution < -0.4 is 10.1 Å². The van der Waals surface area contributed by atoms with Crippen molar-refractivity contribution in [2.45, 2.75) is 32.4 Å². The molecular formula is C13H19NO2. The average molecular weight is 221 g/mol. The number of methoxy groups -OCH3 is 1. The number of rotatable bonds is 4. The molecule has 0 spiro atoms. The molecule has 1 fully saturated rings. The summed E-state index contributed by atoms with van der Waals surface area (Å²) in [7, 11) is 1.60. The first-order valence-electron chi connectivity index (χ1n) is 5.74. The zero-order chi connectivity index (χ0) is 11.7. The van der Waals surface area contributed by atoms with Crippen molar-refractivity contribution in [1.82, 2.24) is 5.32 Å². The van der Waals surface area contributed by atoms with Crippen LogP contribution >= 0.6 is 0 Å². The number of ether oxygens (including phenoxy) is 1. The van der Waals surface area contributed by atoms with Crippen LogP contribution in [0.3, 0.4) is 0 Å². The van der Waals surface area contributed by atoms with E-state index in [0.29, 0.717) is 17.5 Å². The van der Waals surface area contributed by atoms with E-state index in [9.17, 15) is 5.11 Å². The molecule has 3 unspecified atom stereocenters. The maximum absolute atomic E-state index is 9.87. The van der Waals surface area contributed by atoms with E-state index in [0.717, 1.165) is 11.5 Å². The first kappa shape index (κ1) is 11.3. The predicted octanol–water partition coefficient (Wildman–Crippen LogP) is 2.46. The van der Waals surface area contributed by atoms with Crippen LogP contribution in [0, 0.1) is 5.92 Å². The number of aromatic hydroxyl groups is 1. The van der Waals surface area contributed by atoms with Crippen molar-refractivity contribution in [3.8, 4) is 11.5 Å². The Bertz CT molecular complexity index is 378. The Labute approximate surface area is 96.4 Å². The van der Waals surface area contributed by atoms with Gasteiger partial charge in [-0.1, -0.05) is 13.0 Å². The molecule has 1 aliphatic rings. The van der Waals surface area contributed by atoms with E-state index < -0.39 is 0 Å². The quantitative estimate of drug-likeness (QED) is 0.820. The van der Waals surface area contributed by atoms with Gasteiger partial charge in [0, 0.05) is 23.7 Å². The highest BCUT2D eigenvalue weighted by Crippen LogP contribution is 2.34. The van der Waals surface area contributed by atoms with Crippen LogP contribution in [0.15, 0.2) is 18.2 Å². The largest absolute Gasteiger partial charge is 0.507 e. The van der Waals surface area contributed by atoms with Crippen molar-refractivity contribution in [3.63, 3.8) is 0 Å². The molecule has 0 heterocycles. The van der Waals surface area contributed by atoms with Gasteiger partial charge in [-0.05, 0) is 25.3 Å². The van der Waals surface area contributed by atoms with Gasteiger partial charge in [0.25, 0.3) is 0 Å². The van der Waals surface area contributed by atoms with Gasteiger partial charge in [0.1, 0.15) is 11.5 Å². The summed E-state index contributed by atoms with van der Waals surface area (Å²) in [4.78, 5) is 0. The van der Waals surface area contributed by atoms with E-state index in [4.69, 9.17) is 4.74 Å². The molecule has 0 bridgehead atoms. The number of phenols is 1. The zero-order valence-corrected chi connectivity index (χ0v) is 10.0. The standard InChI is InChI=1S/C13H19NO2/c1-8-6-12(8)14-9(2)11-5-4-10(16-3)7-13(11)15/h4-5,7-9,12,14-15H,6H2,1-3H3. The zero-order valence-electron chi connectivity index (χ0n) is 10.0. The van der Waals surface area contributed by atoms with Crippen LogP contribution in [0.5, 0.6) is 11.5 Å². The van der Waals surface area contributed by atoms with Crippen molar-refractivity contribution in [2.24, 2.45) is 5.92 Å². The van der Waals surface area contributed by atoms with Gasteiger partial charge >= 0.3 is 0 Å². The fourth-order valence-corrected chi connectivity index (χ4v) is 1.98. The molecule has 0 aliphatic heterocycles. The lowest BCUT2D eigenvalue weighted by Gasteiger charge is -2.16. The second-order valence-electron chi connectivity index (χ2n) is 4.63. The van der Waals surface area contributed by atoms with Crippen molar-refractivity contribution < 1.29 is 9.84 Å². The second kappa shape index (κ2) is 4.34. The molecule has 16 heavy (non-hydrogen) atoms. The number of hydrogen-bond acceptors (Lipinski definition) is 3. The summed E-state index contributed by atoms with van der Waals surface area (Å²) >= 11 is 0. The highest BCUT2D eigenvalue weighted by Gasteiger charge is 2.33. The lowest BCUT2D eigenvalue weighted by atomic mass is 10.1. The van der Waals surface area contributed by atoms with Gasteiger partial charge in [-0.2, -0.15) is 0 Å². The molecule has 0 aromatic heterocycles. The SMILES string of the molecule is COc1ccc(C(C)NC2CC2C)c(O)c1. The summed E-state index contributed by atoms with van der Waals surface area (Å²) in [5, 5.41) is 13.4. The van der Waals surface area contributed by atoms with Crippen LogP contribution in [0.2, 0.25) is 0 Å². The Hall–Kier alpha value is -1.22. The second-order valence-corrected chi connectivity index (χ2v) is 4.63. The van der Waals surface area contributed by atoms with Crippen LogP contribution in [0.4, 0.5) is 0 Å². The average Bonchev–Trinajstić information content (AvgIpc) is 2.93. The molecule has 2 N–H and O–H groups in total. The van der Waals surface area contributed by atoms with E-state index in [1.54, 1.807) is 13.2 Å². The van der Waals surface area contributed by atoms with Gasteiger partial charge in [-0.15, -0.1) is 0 Å². The topological polar surface area (TPSA) is 41.5 Å². The number of nitrogens with one attached hydrogen (secondary N) is 1. The number of phenolic OH excluding ortho intramolecular Hbond substituents is 1. The lowest BCUT2D eigenvalue weighted by Crippen LogP contribution is -2.22. The molecule has 0 saturated heterocycles. The minimum Gasteiger partial charge on any atom is -0.507 e.